The van der Waals surface area contributed by atoms with Gasteiger partial charge in [-0.3, -0.25) is 14.2 Å². The summed E-state index contributed by atoms with van der Waals surface area (Å²) in [5, 5.41) is 12.7. The van der Waals surface area contributed by atoms with E-state index < -0.39 is 11.8 Å². The zero-order chi connectivity index (χ0) is 29.9. The summed E-state index contributed by atoms with van der Waals surface area (Å²) in [6.45, 7) is 8.37. The van der Waals surface area contributed by atoms with Gasteiger partial charge >= 0.3 is 5.97 Å². The molecule has 1 amide bonds. The molecule has 0 radical (unpaired) electrons. The first-order valence-corrected chi connectivity index (χ1v) is 14.9. The monoisotopic (exact) mass is 583 g/mol. The summed E-state index contributed by atoms with van der Waals surface area (Å²) in [6.07, 6.45) is 2.10. The molecule has 3 aromatic rings. The fourth-order valence-electron chi connectivity index (χ4n) is 4.35. The van der Waals surface area contributed by atoms with Gasteiger partial charge in [0.2, 0.25) is 5.91 Å². The number of aromatic carboxylic acids is 1. The predicted octanol–water partition coefficient (Wildman–Crippen LogP) is 5.89. The van der Waals surface area contributed by atoms with Crippen molar-refractivity contribution in [3.05, 3.63) is 70.8 Å². The smallest absolute Gasteiger partial charge is 0.336 e. The minimum Gasteiger partial charge on any atom is -0.478 e. The maximum absolute atomic E-state index is 15.4. The molecule has 0 bridgehead atoms. The van der Waals surface area contributed by atoms with Crippen LogP contribution in [0.4, 0.5) is 4.39 Å². The first-order valence-electron chi connectivity index (χ1n) is 13.9. The molecule has 3 rings (SSSR count). The van der Waals surface area contributed by atoms with Gasteiger partial charge in [0.15, 0.2) is 0 Å². The Bertz CT molecular complexity index is 1370. The van der Waals surface area contributed by atoms with E-state index in [1.165, 1.54) is 12.1 Å². The number of halogens is 1. The molecule has 8 nitrogen and oxygen atoms in total. The summed E-state index contributed by atoms with van der Waals surface area (Å²) in [7, 11) is 0. The summed E-state index contributed by atoms with van der Waals surface area (Å²) >= 11 is 1.56. The maximum atomic E-state index is 15.4. The third-order valence-corrected chi connectivity index (χ3v) is 8.03. The molecular formula is C31H38FN3O5S. The van der Waals surface area contributed by atoms with Crippen LogP contribution >= 0.6 is 11.8 Å². The van der Waals surface area contributed by atoms with Crippen LogP contribution < -0.4 is 10.1 Å². The van der Waals surface area contributed by atoms with Gasteiger partial charge in [0.25, 0.3) is 6.01 Å². The third-order valence-electron chi connectivity index (χ3n) is 6.73. The molecule has 1 aromatic heterocycles. The van der Waals surface area contributed by atoms with Crippen molar-refractivity contribution in [1.82, 2.24) is 14.9 Å². The van der Waals surface area contributed by atoms with Crippen molar-refractivity contribution >= 4 is 29.4 Å². The number of ether oxygens (including phenoxy) is 1. The van der Waals surface area contributed by atoms with Crippen LogP contribution in [0.5, 0.6) is 6.01 Å². The highest BCUT2D eigenvalue weighted by atomic mass is 32.2. The van der Waals surface area contributed by atoms with E-state index in [4.69, 9.17) is 4.74 Å². The average molecular weight is 584 g/mol. The second-order valence-electron chi connectivity index (χ2n) is 9.65. The number of amides is 1. The third kappa shape index (κ3) is 8.66. The van der Waals surface area contributed by atoms with Crippen molar-refractivity contribution in [2.75, 3.05) is 12.4 Å². The molecule has 2 aromatic carbocycles. The lowest BCUT2D eigenvalue weighted by Crippen LogP contribution is -2.25. The Morgan fingerprint density at radius 2 is 1.90 bits per heavy atom. The van der Waals surface area contributed by atoms with Crippen molar-refractivity contribution in [1.29, 1.82) is 0 Å². The standard InChI is InChI=1S/C31H38FN3O5S/c1-5-23(36)19-41-20(4)12-15-29(37)33-17-28-27(6-2)34-31(40-7-3)35(28)18-22-14-13-21(16-26(22)32)24-10-8-9-11-25(24)30(38)39/h8-11,13-14,16,20H,5-7,12,15,17-19H2,1-4H3,(H,33,37)(H,38,39). The Morgan fingerprint density at radius 1 is 1.15 bits per heavy atom. The second-order valence-corrected chi connectivity index (χ2v) is 11.1. The van der Waals surface area contributed by atoms with Gasteiger partial charge in [0.1, 0.15) is 11.6 Å². The van der Waals surface area contributed by atoms with Crippen LogP contribution in [0.2, 0.25) is 0 Å². The average Bonchev–Trinajstić information content (AvgIpc) is 3.30. The number of Topliss-reactive ketones (excluding diaryl/α,β-unsaturated/α-hetero) is 1. The molecule has 41 heavy (non-hydrogen) atoms. The summed E-state index contributed by atoms with van der Waals surface area (Å²) in [5.74, 6) is -1.02. The summed E-state index contributed by atoms with van der Waals surface area (Å²) in [5.41, 5.74) is 2.87. The number of carboxylic acids is 1. The van der Waals surface area contributed by atoms with Gasteiger partial charge in [-0.1, -0.05) is 51.1 Å². The molecule has 1 atom stereocenters. The molecule has 0 saturated carbocycles. The van der Waals surface area contributed by atoms with E-state index in [0.29, 0.717) is 60.7 Å². The number of carboxylic acid groups (broad SMARTS) is 1. The molecule has 0 aliphatic carbocycles. The first kappa shape index (κ1) is 31.9. The number of aryl methyl sites for hydroxylation is 1. The Hall–Kier alpha value is -3.66. The minimum atomic E-state index is -1.08. The number of aromatic nitrogens is 2. The Morgan fingerprint density at radius 3 is 2.56 bits per heavy atom. The highest BCUT2D eigenvalue weighted by Gasteiger charge is 2.20. The zero-order valence-electron chi connectivity index (χ0n) is 24.0. The van der Waals surface area contributed by atoms with E-state index >= 15 is 4.39 Å². The van der Waals surface area contributed by atoms with Crippen molar-refractivity contribution in [3.8, 4) is 17.1 Å². The number of thioether (sulfide) groups is 1. The van der Waals surface area contributed by atoms with Gasteiger partial charge < -0.3 is 15.2 Å². The number of rotatable bonds is 16. The van der Waals surface area contributed by atoms with Crippen molar-refractivity contribution in [2.24, 2.45) is 0 Å². The molecule has 0 saturated heterocycles. The van der Waals surface area contributed by atoms with Crippen LogP contribution in [-0.2, 0) is 29.1 Å². The van der Waals surface area contributed by atoms with Crippen LogP contribution in [0.1, 0.15) is 74.3 Å². The molecule has 2 N–H and O–H groups in total. The van der Waals surface area contributed by atoms with Crippen molar-refractivity contribution in [2.45, 2.75) is 71.7 Å². The number of nitrogens with zero attached hydrogens (tertiary/aromatic N) is 2. The second kappa shape index (κ2) is 15.4. The fraction of sp³-hybridized carbons (Fsp3) is 0.419. The van der Waals surface area contributed by atoms with Crippen molar-refractivity contribution < 1.29 is 28.6 Å². The van der Waals surface area contributed by atoms with Crippen LogP contribution in [0.3, 0.4) is 0 Å². The predicted molar refractivity (Wildman–Crippen MR) is 159 cm³/mol. The van der Waals surface area contributed by atoms with Crippen LogP contribution in [0.25, 0.3) is 11.1 Å². The Kier molecular flexibility index (Phi) is 11.9. The minimum absolute atomic E-state index is 0.0981. The van der Waals surface area contributed by atoms with E-state index in [1.54, 1.807) is 46.7 Å². The number of carbonyl (C=O) groups excluding carboxylic acids is 2. The summed E-state index contributed by atoms with van der Waals surface area (Å²) in [4.78, 5) is 40.5. The quantitative estimate of drug-likeness (QED) is 0.216. The van der Waals surface area contributed by atoms with E-state index in [0.717, 1.165) is 11.4 Å². The fourth-order valence-corrected chi connectivity index (χ4v) is 5.31. The van der Waals surface area contributed by atoms with Gasteiger partial charge in [-0.15, -0.1) is 0 Å². The molecular weight excluding hydrogens is 545 g/mol. The number of hydrogen-bond donors (Lipinski definition) is 2. The largest absolute Gasteiger partial charge is 0.478 e. The molecule has 10 heteroatoms. The number of ketones is 1. The lowest BCUT2D eigenvalue weighted by Gasteiger charge is -2.15. The highest BCUT2D eigenvalue weighted by Crippen LogP contribution is 2.28. The number of hydrogen-bond acceptors (Lipinski definition) is 6. The molecule has 0 spiro atoms. The molecule has 220 valence electrons. The Labute approximate surface area is 244 Å². The lowest BCUT2D eigenvalue weighted by atomic mass is 9.98. The highest BCUT2D eigenvalue weighted by molar-refractivity contribution is 8.00. The summed E-state index contributed by atoms with van der Waals surface area (Å²) in [6, 6.07) is 11.5. The van der Waals surface area contributed by atoms with Gasteiger partial charge in [-0.2, -0.15) is 16.7 Å². The van der Waals surface area contributed by atoms with E-state index in [9.17, 15) is 19.5 Å². The molecule has 1 unspecified atom stereocenters. The number of imidazole rings is 1. The van der Waals surface area contributed by atoms with Gasteiger partial charge in [0.05, 0.1) is 42.4 Å². The SMILES string of the molecule is CCOc1nc(CC)c(CNC(=O)CCC(C)SCC(=O)CC)n1Cc1ccc(-c2ccccc2C(=O)O)cc1F. The number of nitrogens with one attached hydrogen (secondary N) is 1. The van der Waals surface area contributed by atoms with E-state index in [1.807, 2.05) is 27.7 Å². The topological polar surface area (TPSA) is 111 Å². The zero-order valence-corrected chi connectivity index (χ0v) is 24.9. The van der Waals surface area contributed by atoms with E-state index in [-0.39, 0.29) is 35.6 Å². The molecule has 0 fully saturated rings. The van der Waals surface area contributed by atoms with Gasteiger partial charge in [-0.25, -0.2) is 9.18 Å². The van der Waals surface area contributed by atoms with Gasteiger partial charge in [-0.05, 0) is 43.0 Å². The maximum Gasteiger partial charge on any atom is 0.336 e. The number of carbonyl (C=O) groups is 3. The Balaban J connectivity index is 1.78. The van der Waals surface area contributed by atoms with Crippen LogP contribution in [0.15, 0.2) is 42.5 Å². The molecule has 0 aliphatic rings. The number of benzene rings is 2. The normalized spacial score (nSPS) is 11.7. The lowest BCUT2D eigenvalue weighted by molar-refractivity contribution is -0.121. The van der Waals surface area contributed by atoms with Crippen molar-refractivity contribution in [3.63, 3.8) is 0 Å². The molecule has 0 aliphatic heterocycles. The van der Waals surface area contributed by atoms with Crippen LogP contribution in [-0.4, -0.2) is 49.9 Å². The molecule has 1 heterocycles. The van der Waals surface area contributed by atoms with Crippen LogP contribution in [0, 0.1) is 5.82 Å². The summed E-state index contributed by atoms with van der Waals surface area (Å²) < 4.78 is 23.0. The van der Waals surface area contributed by atoms with E-state index in [2.05, 4.69) is 10.3 Å². The first-order chi connectivity index (χ1) is 19.7. The van der Waals surface area contributed by atoms with Gasteiger partial charge in [0, 0.05) is 23.7 Å².